The van der Waals surface area contributed by atoms with Crippen LogP contribution in [0.25, 0.3) is 11.0 Å². The van der Waals surface area contributed by atoms with Crippen LogP contribution in [-0.4, -0.2) is 25.1 Å². The van der Waals surface area contributed by atoms with E-state index in [1.807, 2.05) is 32.9 Å². The molecule has 1 aliphatic rings. The molecule has 0 atom stereocenters. The van der Waals surface area contributed by atoms with Crippen molar-refractivity contribution in [2.75, 3.05) is 11.8 Å². The van der Waals surface area contributed by atoms with E-state index in [4.69, 9.17) is 9.72 Å². The van der Waals surface area contributed by atoms with E-state index in [0.717, 1.165) is 53.2 Å². The first kappa shape index (κ1) is 22.1. The number of nitrogens with one attached hydrogen (secondary N) is 1. The second-order valence-electron chi connectivity index (χ2n) is 8.03. The van der Waals surface area contributed by atoms with Crippen molar-refractivity contribution in [3.8, 4) is 0 Å². The van der Waals surface area contributed by atoms with Gasteiger partial charge in [0.1, 0.15) is 17.2 Å². The zero-order valence-corrected chi connectivity index (χ0v) is 19.4. The molecule has 0 saturated carbocycles. The van der Waals surface area contributed by atoms with Gasteiger partial charge in [0.05, 0.1) is 29.0 Å². The number of imidazole rings is 1. The molecule has 8 heteroatoms. The molecule has 0 amide bonds. The largest absolute Gasteiger partial charge is 0.501 e. The SMILES string of the molecule is COC1=CC=C(Cn2c(C)nc3c(NS(=O)(=O)c4ccc(F)cc4)c(C)c(C)cc32)CC1. The van der Waals surface area contributed by atoms with Crippen LogP contribution in [0.15, 0.2) is 58.7 Å². The third-order valence-electron chi connectivity index (χ3n) is 5.94. The fourth-order valence-electron chi connectivity index (χ4n) is 3.90. The minimum atomic E-state index is -3.90. The average molecular weight is 456 g/mol. The second kappa shape index (κ2) is 8.43. The fourth-order valence-corrected chi connectivity index (χ4v) is 5.03. The lowest BCUT2D eigenvalue weighted by atomic mass is 10.0. The van der Waals surface area contributed by atoms with Crippen LogP contribution in [0.3, 0.4) is 0 Å². The molecule has 1 N–H and O–H groups in total. The number of hydrogen-bond donors (Lipinski definition) is 1. The Bertz CT molecular complexity index is 1350. The highest BCUT2D eigenvalue weighted by Crippen LogP contribution is 2.33. The summed E-state index contributed by atoms with van der Waals surface area (Å²) in [4.78, 5) is 4.71. The van der Waals surface area contributed by atoms with Crippen molar-refractivity contribution in [1.29, 1.82) is 0 Å². The third-order valence-corrected chi connectivity index (χ3v) is 7.30. The van der Waals surface area contributed by atoms with Crippen LogP contribution < -0.4 is 4.72 Å². The first-order chi connectivity index (χ1) is 15.2. The van der Waals surface area contributed by atoms with Crippen LogP contribution in [0.1, 0.15) is 29.8 Å². The van der Waals surface area contributed by atoms with E-state index in [1.54, 1.807) is 7.11 Å². The van der Waals surface area contributed by atoms with Crippen molar-refractivity contribution in [2.45, 2.75) is 45.1 Å². The molecular formula is C24H26FN3O3S. The van der Waals surface area contributed by atoms with Gasteiger partial charge in [-0.25, -0.2) is 17.8 Å². The van der Waals surface area contributed by atoms with E-state index < -0.39 is 15.8 Å². The van der Waals surface area contributed by atoms with E-state index in [1.165, 1.54) is 17.7 Å². The van der Waals surface area contributed by atoms with Gasteiger partial charge < -0.3 is 9.30 Å². The third kappa shape index (κ3) is 4.14. The molecule has 168 valence electrons. The number of aromatic nitrogens is 2. The van der Waals surface area contributed by atoms with Crippen molar-refractivity contribution in [1.82, 2.24) is 9.55 Å². The normalized spacial score (nSPS) is 14.3. The molecule has 6 nitrogen and oxygen atoms in total. The van der Waals surface area contributed by atoms with Gasteiger partial charge in [-0.15, -0.1) is 0 Å². The monoisotopic (exact) mass is 455 g/mol. The van der Waals surface area contributed by atoms with Crippen molar-refractivity contribution >= 4 is 26.7 Å². The summed E-state index contributed by atoms with van der Waals surface area (Å²) in [6, 6.07) is 6.81. The Morgan fingerprint density at radius 1 is 1.12 bits per heavy atom. The molecule has 4 rings (SSSR count). The number of aryl methyl sites for hydroxylation is 2. The quantitative estimate of drug-likeness (QED) is 0.558. The predicted molar refractivity (Wildman–Crippen MR) is 124 cm³/mol. The highest BCUT2D eigenvalue weighted by atomic mass is 32.2. The standard InChI is InChI=1S/C24H26FN3O3S/c1-15-13-22-24(26-17(3)28(22)14-18-5-9-20(31-4)10-6-18)23(16(15)2)27-32(29,30)21-11-7-19(25)8-12-21/h5,7-9,11-13,27H,6,10,14H2,1-4H3. The molecular weight excluding hydrogens is 429 g/mol. The van der Waals surface area contributed by atoms with Gasteiger partial charge in [0.15, 0.2) is 0 Å². The van der Waals surface area contributed by atoms with E-state index in [9.17, 15) is 12.8 Å². The topological polar surface area (TPSA) is 73.2 Å². The number of hydrogen-bond acceptors (Lipinski definition) is 4. The van der Waals surface area contributed by atoms with Crippen LogP contribution >= 0.6 is 0 Å². The lowest BCUT2D eigenvalue weighted by Crippen LogP contribution is -2.14. The van der Waals surface area contributed by atoms with Gasteiger partial charge in [0.2, 0.25) is 0 Å². The number of nitrogens with zero attached hydrogens (tertiary/aromatic N) is 2. The molecule has 0 spiro atoms. The molecule has 32 heavy (non-hydrogen) atoms. The number of methoxy groups -OCH3 is 1. The summed E-state index contributed by atoms with van der Waals surface area (Å²) in [5, 5.41) is 0. The molecule has 0 saturated heterocycles. The molecule has 0 radical (unpaired) electrons. The summed E-state index contributed by atoms with van der Waals surface area (Å²) in [7, 11) is -2.22. The van der Waals surface area contributed by atoms with Crippen LogP contribution in [0.5, 0.6) is 0 Å². The highest BCUT2D eigenvalue weighted by Gasteiger charge is 2.22. The smallest absolute Gasteiger partial charge is 0.261 e. The Morgan fingerprint density at radius 2 is 1.84 bits per heavy atom. The molecule has 1 heterocycles. The first-order valence-corrected chi connectivity index (χ1v) is 11.9. The predicted octanol–water partition coefficient (Wildman–Crippen LogP) is 5.15. The van der Waals surface area contributed by atoms with Gasteiger partial charge in [0, 0.05) is 13.0 Å². The Morgan fingerprint density at radius 3 is 2.47 bits per heavy atom. The van der Waals surface area contributed by atoms with Gasteiger partial charge in [-0.1, -0.05) is 6.08 Å². The van der Waals surface area contributed by atoms with Gasteiger partial charge >= 0.3 is 0 Å². The molecule has 1 aliphatic carbocycles. The lowest BCUT2D eigenvalue weighted by molar-refractivity contribution is 0.275. The number of anilines is 1. The van der Waals surface area contributed by atoms with Gasteiger partial charge in [-0.3, -0.25) is 4.72 Å². The maximum Gasteiger partial charge on any atom is 0.261 e. The molecule has 0 bridgehead atoms. The average Bonchev–Trinajstić information content (AvgIpc) is 3.07. The Hall–Kier alpha value is -3.13. The van der Waals surface area contributed by atoms with Gasteiger partial charge in [-0.2, -0.15) is 0 Å². The van der Waals surface area contributed by atoms with Crippen molar-refractivity contribution in [3.05, 3.63) is 76.6 Å². The summed E-state index contributed by atoms with van der Waals surface area (Å²) >= 11 is 0. The highest BCUT2D eigenvalue weighted by molar-refractivity contribution is 7.92. The number of fused-ring (bicyclic) bond motifs is 1. The van der Waals surface area contributed by atoms with E-state index >= 15 is 0 Å². The van der Waals surface area contributed by atoms with Crippen LogP contribution in [0, 0.1) is 26.6 Å². The Balaban J connectivity index is 1.77. The molecule has 3 aromatic rings. The van der Waals surface area contributed by atoms with Gasteiger partial charge in [-0.05, 0) is 80.3 Å². The zero-order chi connectivity index (χ0) is 23.0. The first-order valence-electron chi connectivity index (χ1n) is 10.4. The maximum atomic E-state index is 13.3. The Kier molecular flexibility index (Phi) is 5.81. The van der Waals surface area contributed by atoms with E-state index in [2.05, 4.69) is 15.4 Å². The lowest BCUT2D eigenvalue weighted by Gasteiger charge is -2.17. The van der Waals surface area contributed by atoms with E-state index in [0.29, 0.717) is 17.7 Å². The zero-order valence-electron chi connectivity index (χ0n) is 18.6. The summed E-state index contributed by atoms with van der Waals surface area (Å²) in [5.41, 5.74) is 4.92. The second-order valence-corrected chi connectivity index (χ2v) is 9.71. The summed E-state index contributed by atoms with van der Waals surface area (Å²) in [6.07, 6.45) is 5.82. The van der Waals surface area contributed by atoms with Crippen molar-refractivity contribution in [2.24, 2.45) is 0 Å². The molecule has 0 unspecified atom stereocenters. The van der Waals surface area contributed by atoms with Crippen LogP contribution in [0.2, 0.25) is 0 Å². The summed E-state index contributed by atoms with van der Waals surface area (Å²) in [5.74, 6) is 1.27. The van der Waals surface area contributed by atoms with Crippen LogP contribution in [0.4, 0.5) is 10.1 Å². The van der Waals surface area contributed by atoms with E-state index in [-0.39, 0.29) is 4.90 Å². The fraction of sp³-hybridized carbons (Fsp3) is 0.292. The number of ether oxygens (including phenoxy) is 1. The summed E-state index contributed by atoms with van der Waals surface area (Å²) in [6.45, 7) is 6.40. The van der Waals surface area contributed by atoms with Gasteiger partial charge in [0.25, 0.3) is 10.0 Å². The number of benzene rings is 2. The molecule has 2 aromatic carbocycles. The number of rotatable bonds is 6. The Labute approximate surface area is 187 Å². The molecule has 0 aliphatic heterocycles. The molecule has 0 fully saturated rings. The van der Waals surface area contributed by atoms with Crippen molar-refractivity contribution < 1.29 is 17.5 Å². The number of halogens is 1. The number of allylic oxidation sites excluding steroid dienone is 4. The minimum Gasteiger partial charge on any atom is -0.501 e. The maximum absolute atomic E-state index is 13.3. The summed E-state index contributed by atoms with van der Waals surface area (Å²) < 4.78 is 49.4. The number of sulfonamides is 1. The van der Waals surface area contributed by atoms with Crippen LogP contribution in [-0.2, 0) is 21.3 Å². The molecule has 1 aromatic heterocycles. The van der Waals surface area contributed by atoms with Crippen molar-refractivity contribution in [3.63, 3.8) is 0 Å². The minimum absolute atomic E-state index is 0.00259.